The lowest BCUT2D eigenvalue weighted by atomic mass is 9.92. The number of nitrogens with one attached hydrogen (secondary N) is 1. The van der Waals surface area contributed by atoms with Gasteiger partial charge in [0, 0.05) is 6.04 Å². The number of unbranched alkanes of at least 4 members (excludes halogenated alkanes) is 1. The van der Waals surface area contributed by atoms with Crippen molar-refractivity contribution in [3.63, 3.8) is 0 Å². The molecule has 2 nitrogen and oxygen atoms in total. The van der Waals surface area contributed by atoms with Crippen molar-refractivity contribution in [2.75, 3.05) is 6.54 Å². The Morgan fingerprint density at radius 2 is 1.82 bits per heavy atom. The summed E-state index contributed by atoms with van der Waals surface area (Å²) >= 11 is 0. The van der Waals surface area contributed by atoms with Gasteiger partial charge in [-0.2, -0.15) is 0 Å². The number of hydrogen-bond acceptors (Lipinski definition) is 2. The number of aliphatic hydroxyl groups is 1. The van der Waals surface area contributed by atoms with Gasteiger partial charge in [0.15, 0.2) is 0 Å². The molecule has 0 aromatic heterocycles. The molecule has 1 fully saturated rings. The van der Waals surface area contributed by atoms with Crippen molar-refractivity contribution in [1.29, 1.82) is 0 Å². The first-order chi connectivity index (χ1) is 8.26. The molecule has 1 aliphatic carbocycles. The molecule has 0 bridgehead atoms. The summed E-state index contributed by atoms with van der Waals surface area (Å²) in [6.45, 7) is 5.76. The predicted molar refractivity (Wildman–Crippen MR) is 74.2 cm³/mol. The quantitative estimate of drug-likeness (QED) is 0.682. The van der Waals surface area contributed by atoms with E-state index in [0.717, 1.165) is 31.6 Å². The third-order valence-corrected chi connectivity index (χ3v) is 4.23. The van der Waals surface area contributed by atoms with Crippen molar-refractivity contribution >= 4 is 0 Å². The maximum Gasteiger partial charge on any atom is 0.0541 e. The highest BCUT2D eigenvalue weighted by Crippen LogP contribution is 2.19. The maximum atomic E-state index is 9.45. The van der Waals surface area contributed by atoms with E-state index in [-0.39, 0.29) is 6.10 Å². The van der Waals surface area contributed by atoms with Crippen molar-refractivity contribution in [3.05, 3.63) is 0 Å². The fourth-order valence-electron chi connectivity index (χ4n) is 2.82. The van der Waals surface area contributed by atoms with E-state index >= 15 is 0 Å². The van der Waals surface area contributed by atoms with Gasteiger partial charge in [0.25, 0.3) is 0 Å². The van der Waals surface area contributed by atoms with E-state index in [0.29, 0.717) is 6.04 Å². The summed E-state index contributed by atoms with van der Waals surface area (Å²) in [4.78, 5) is 0. The van der Waals surface area contributed by atoms with Crippen LogP contribution in [0.4, 0.5) is 0 Å². The molecular weight excluding hydrogens is 210 g/mol. The van der Waals surface area contributed by atoms with Crippen LogP contribution in [0, 0.1) is 5.92 Å². The van der Waals surface area contributed by atoms with Crippen LogP contribution in [-0.4, -0.2) is 23.8 Å². The third-order valence-electron chi connectivity index (χ3n) is 4.23. The van der Waals surface area contributed by atoms with Crippen LogP contribution in [-0.2, 0) is 0 Å². The van der Waals surface area contributed by atoms with Gasteiger partial charge in [-0.25, -0.2) is 0 Å². The minimum absolute atomic E-state index is 0.0269. The highest BCUT2D eigenvalue weighted by Gasteiger charge is 2.18. The molecule has 0 aromatic rings. The van der Waals surface area contributed by atoms with Gasteiger partial charge in [-0.15, -0.1) is 0 Å². The first-order valence-electron chi connectivity index (χ1n) is 7.67. The van der Waals surface area contributed by atoms with Gasteiger partial charge in [0.05, 0.1) is 6.10 Å². The summed E-state index contributed by atoms with van der Waals surface area (Å²) in [5.74, 6) is 0.914. The first-order valence-corrected chi connectivity index (χ1v) is 7.67. The molecule has 1 aliphatic rings. The third kappa shape index (κ3) is 6.42. The van der Waals surface area contributed by atoms with Crippen molar-refractivity contribution in [1.82, 2.24) is 5.32 Å². The minimum Gasteiger partial charge on any atom is -0.393 e. The molecule has 0 amide bonds. The summed E-state index contributed by atoms with van der Waals surface area (Å²) in [5, 5.41) is 13.1. The van der Waals surface area contributed by atoms with Crippen LogP contribution >= 0.6 is 0 Å². The first kappa shape index (κ1) is 15.0. The second kappa shape index (κ2) is 8.93. The molecule has 0 radical (unpaired) electrons. The van der Waals surface area contributed by atoms with Crippen LogP contribution in [0.2, 0.25) is 0 Å². The Bertz CT molecular complexity index is 171. The van der Waals surface area contributed by atoms with E-state index in [1.54, 1.807) is 0 Å². The highest BCUT2D eigenvalue weighted by atomic mass is 16.3. The predicted octanol–water partition coefficient (Wildman–Crippen LogP) is 3.49. The standard InChI is InChI=1S/C15H31NO/c1-3-5-6-13(4-2)11-12-16-14-7-9-15(17)10-8-14/h13-17H,3-12H2,1-2H3/t13-,14?,15?/m0/s1. The zero-order chi connectivity index (χ0) is 12.5. The lowest BCUT2D eigenvalue weighted by Crippen LogP contribution is -2.35. The minimum atomic E-state index is -0.0269. The molecule has 0 aliphatic heterocycles. The van der Waals surface area contributed by atoms with Crippen LogP contribution in [0.3, 0.4) is 0 Å². The Labute approximate surface area is 107 Å². The van der Waals surface area contributed by atoms with Crippen LogP contribution < -0.4 is 5.32 Å². The molecular formula is C15H31NO. The summed E-state index contributed by atoms with van der Waals surface area (Å²) in [6.07, 6.45) is 11.0. The molecule has 2 heteroatoms. The Kier molecular flexibility index (Phi) is 7.87. The summed E-state index contributed by atoms with van der Waals surface area (Å²) in [6, 6.07) is 0.669. The molecule has 1 rings (SSSR count). The lowest BCUT2D eigenvalue weighted by Gasteiger charge is -2.27. The number of hydrogen-bond donors (Lipinski definition) is 2. The van der Waals surface area contributed by atoms with Crippen molar-refractivity contribution in [3.8, 4) is 0 Å². The van der Waals surface area contributed by atoms with Gasteiger partial charge >= 0.3 is 0 Å². The van der Waals surface area contributed by atoms with Crippen molar-refractivity contribution < 1.29 is 5.11 Å². The average Bonchev–Trinajstić information content (AvgIpc) is 2.36. The lowest BCUT2D eigenvalue weighted by molar-refractivity contribution is 0.116. The van der Waals surface area contributed by atoms with Crippen LogP contribution in [0.5, 0.6) is 0 Å². The van der Waals surface area contributed by atoms with Crippen molar-refractivity contribution in [2.45, 2.75) is 83.8 Å². The Balaban J connectivity index is 2.05. The molecule has 1 saturated carbocycles. The average molecular weight is 241 g/mol. The molecule has 102 valence electrons. The molecule has 1 atom stereocenters. The van der Waals surface area contributed by atoms with Crippen molar-refractivity contribution in [2.24, 2.45) is 5.92 Å². The topological polar surface area (TPSA) is 32.3 Å². The molecule has 0 heterocycles. The van der Waals surface area contributed by atoms with E-state index in [4.69, 9.17) is 0 Å². The van der Waals surface area contributed by atoms with Gasteiger partial charge in [-0.05, 0) is 44.6 Å². The van der Waals surface area contributed by atoms with Gasteiger partial charge < -0.3 is 10.4 Å². The van der Waals surface area contributed by atoms with E-state index in [1.165, 1.54) is 38.6 Å². The highest BCUT2D eigenvalue weighted by molar-refractivity contribution is 4.76. The summed E-state index contributed by atoms with van der Waals surface area (Å²) < 4.78 is 0. The molecule has 0 aromatic carbocycles. The number of rotatable bonds is 8. The van der Waals surface area contributed by atoms with Gasteiger partial charge in [-0.1, -0.05) is 39.5 Å². The Morgan fingerprint density at radius 3 is 2.41 bits per heavy atom. The zero-order valence-electron chi connectivity index (χ0n) is 11.8. The SMILES string of the molecule is CCCC[C@H](CC)CCNC1CCC(O)CC1. The normalized spacial score (nSPS) is 27.0. The van der Waals surface area contributed by atoms with E-state index < -0.39 is 0 Å². The summed E-state index contributed by atoms with van der Waals surface area (Å²) in [7, 11) is 0. The van der Waals surface area contributed by atoms with E-state index in [9.17, 15) is 5.11 Å². The molecule has 0 saturated heterocycles. The monoisotopic (exact) mass is 241 g/mol. The molecule has 0 spiro atoms. The molecule has 2 N–H and O–H groups in total. The second-order valence-corrected chi connectivity index (χ2v) is 5.66. The largest absolute Gasteiger partial charge is 0.393 e. The van der Waals surface area contributed by atoms with Crippen LogP contribution in [0.1, 0.15) is 71.6 Å². The summed E-state index contributed by atoms with van der Waals surface area (Å²) in [5.41, 5.74) is 0. The molecule has 17 heavy (non-hydrogen) atoms. The van der Waals surface area contributed by atoms with E-state index in [2.05, 4.69) is 19.2 Å². The second-order valence-electron chi connectivity index (χ2n) is 5.66. The van der Waals surface area contributed by atoms with Gasteiger partial charge in [0.2, 0.25) is 0 Å². The van der Waals surface area contributed by atoms with Gasteiger partial charge in [0.1, 0.15) is 0 Å². The number of aliphatic hydroxyl groups excluding tert-OH is 1. The fraction of sp³-hybridized carbons (Fsp3) is 1.00. The van der Waals surface area contributed by atoms with Crippen LogP contribution in [0.25, 0.3) is 0 Å². The maximum absolute atomic E-state index is 9.45. The zero-order valence-corrected chi connectivity index (χ0v) is 11.8. The Morgan fingerprint density at radius 1 is 1.12 bits per heavy atom. The fourth-order valence-corrected chi connectivity index (χ4v) is 2.82. The van der Waals surface area contributed by atoms with Crippen LogP contribution in [0.15, 0.2) is 0 Å². The van der Waals surface area contributed by atoms with E-state index in [1.807, 2.05) is 0 Å². The molecule has 0 unspecified atom stereocenters. The van der Waals surface area contributed by atoms with Gasteiger partial charge in [-0.3, -0.25) is 0 Å². The Hall–Kier alpha value is -0.0800. The smallest absolute Gasteiger partial charge is 0.0541 e.